The molecule has 1 aromatic carbocycles. The highest BCUT2D eigenvalue weighted by Crippen LogP contribution is 2.33. The molecule has 2 rings (SSSR count). The van der Waals surface area contributed by atoms with Crippen molar-refractivity contribution in [2.75, 3.05) is 19.4 Å². The number of rotatable bonds is 4. The van der Waals surface area contributed by atoms with E-state index >= 15 is 0 Å². The summed E-state index contributed by atoms with van der Waals surface area (Å²) in [6, 6.07) is 4.88. The number of hydrogen-bond donors (Lipinski definition) is 1. The largest absolute Gasteiger partial charge is 0.377 e. The van der Waals surface area contributed by atoms with Crippen molar-refractivity contribution in [3.8, 4) is 0 Å². The van der Waals surface area contributed by atoms with Crippen LogP contribution in [0.25, 0.3) is 0 Å². The zero-order valence-electron chi connectivity index (χ0n) is 11.9. The van der Waals surface area contributed by atoms with Gasteiger partial charge in [-0.05, 0) is 30.9 Å². The Bertz CT molecular complexity index is 536. The smallest absolute Gasteiger partial charge is 0.293 e. The molecular weight excluding hydrogens is 258 g/mol. The van der Waals surface area contributed by atoms with Crippen LogP contribution in [0, 0.1) is 16.0 Å². The summed E-state index contributed by atoms with van der Waals surface area (Å²) in [6.07, 6.45) is 2.05. The first kappa shape index (κ1) is 14.3. The van der Waals surface area contributed by atoms with Gasteiger partial charge in [0.05, 0.1) is 4.92 Å². The van der Waals surface area contributed by atoms with Crippen LogP contribution in [0.3, 0.4) is 0 Å². The van der Waals surface area contributed by atoms with E-state index < -0.39 is 4.92 Å². The minimum absolute atomic E-state index is 0.0442. The van der Waals surface area contributed by atoms with E-state index in [0.717, 1.165) is 12.8 Å². The summed E-state index contributed by atoms with van der Waals surface area (Å²) >= 11 is 0. The molecule has 1 fully saturated rings. The molecule has 6 nitrogen and oxygen atoms in total. The number of nitro groups is 1. The Kier molecular flexibility index (Phi) is 3.92. The lowest BCUT2D eigenvalue weighted by Gasteiger charge is -2.33. The molecule has 0 saturated heterocycles. The van der Waals surface area contributed by atoms with Crippen molar-refractivity contribution in [1.82, 2.24) is 4.90 Å². The van der Waals surface area contributed by atoms with Gasteiger partial charge in [-0.2, -0.15) is 0 Å². The van der Waals surface area contributed by atoms with E-state index in [9.17, 15) is 14.9 Å². The fourth-order valence-electron chi connectivity index (χ4n) is 2.44. The van der Waals surface area contributed by atoms with Gasteiger partial charge < -0.3 is 10.2 Å². The zero-order valence-corrected chi connectivity index (χ0v) is 11.9. The van der Waals surface area contributed by atoms with Gasteiger partial charge in [0.2, 0.25) is 0 Å². The van der Waals surface area contributed by atoms with Crippen LogP contribution in [0.2, 0.25) is 0 Å². The van der Waals surface area contributed by atoms with E-state index in [4.69, 9.17) is 0 Å². The van der Waals surface area contributed by atoms with Crippen molar-refractivity contribution >= 4 is 17.3 Å². The van der Waals surface area contributed by atoms with Crippen LogP contribution in [0.15, 0.2) is 18.2 Å². The van der Waals surface area contributed by atoms with Crippen molar-refractivity contribution in [1.29, 1.82) is 0 Å². The van der Waals surface area contributed by atoms with Crippen LogP contribution in [0.1, 0.15) is 30.1 Å². The minimum Gasteiger partial charge on any atom is -0.377 e. The lowest BCUT2D eigenvalue weighted by Crippen LogP contribution is -2.34. The Morgan fingerprint density at radius 2 is 2.05 bits per heavy atom. The van der Waals surface area contributed by atoms with E-state index in [1.165, 1.54) is 11.0 Å². The first-order valence-corrected chi connectivity index (χ1v) is 6.65. The molecule has 0 radical (unpaired) electrons. The number of amides is 1. The van der Waals surface area contributed by atoms with Gasteiger partial charge in [0, 0.05) is 31.8 Å². The topological polar surface area (TPSA) is 75.5 Å². The molecule has 1 saturated carbocycles. The molecule has 108 valence electrons. The van der Waals surface area contributed by atoms with Crippen molar-refractivity contribution in [2.24, 2.45) is 5.92 Å². The predicted molar refractivity (Wildman–Crippen MR) is 76.9 cm³/mol. The number of carbonyl (C=O) groups excluding carboxylic acids is 1. The number of carbonyl (C=O) groups is 1. The highest BCUT2D eigenvalue weighted by atomic mass is 16.6. The van der Waals surface area contributed by atoms with Crippen LogP contribution in [0.5, 0.6) is 0 Å². The van der Waals surface area contributed by atoms with Gasteiger partial charge >= 0.3 is 0 Å². The average Bonchev–Trinajstić information content (AvgIpc) is 2.36. The van der Waals surface area contributed by atoms with Crippen LogP contribution < -0.4 is 5.32 Å². The molecule has 6 heteroatoms. The molecule has 1 aliphatic carbocycles. The van der Waals surface area contributed by atoms with E-state index in [1.807, 2.05) is 0 Å². The van der Waals surface area contributed by atoms with Crippen molar-refractivity contribution in [3.63, 3.8) is 0 Å². The normalized spacial score (nSPS) is 20.9. The second-order valence-electron chi connectivity index (χ2n) is 5.61. The highest BCUT2D eigenvalue weighted by molar-refractivity contribution is 5.95. The quantitative estimate of drug-likeness (QED) is 0.677. The maximum atomic E-state index is 11.8. The number of hydrogen-bond acceptors (Lipinski definition) is 4. The Hall–Kier alpha value is -2.11. The van der Waals surface area contributed by atoms with Gasteiger partial charge in [-0.1, -0.05) is 6.92 Å². The molecule has 0 spiro atoms. The van der Waals surface area contributed by atoms with Gasteiger partial charge in [0.25, 0.3) is 11.6 Å². The molecule has 1 amide bonds. The monoisotopic (exact) mass is 277 g/mol. The van der Waals surface area contributed by atoms with Gasteiger partial charge in [0.1, 0.15) is 5.69 Å². The summed E-state index contributed by atoms with van der Waals surface area (Å²) in [6.45, 7) is 2.16. The molecule has 1 aromatic rings. The summed E-state index contributed by atoms with van der Waals surface area (Å²) < 4.78 is 0. The van der Waals surface area contributed by atoms with Crippen LogP contribution >= 0.6 is 0 Å². The molecule has 0 heterocycles. The number of anilines is 1. The number of nitrogens with zero attached hydrogens (tertiary/aromatic N) is 2. The number of nitro benzene ring substituents is 1. The summed E-state index contributed by atoms with van der Waals surface area (Å²) in [5.41, 5.74) is 0.772. The zero-order chi connectivity index (χ0) is 14.9. The highest BCUT2D eigenvalue weighted by Gasteiger charge is 2.27. The molecule has 1 N–H and O–H groups in total. The summed E-state index contributed by atoms with van der Waals surface area (Å²) in [5, 5.41) is 14.3. The SMILES string of the molecule is CC1CC(Nc2ccc(C(=O)N(C)C)cc2[N+](=O)[O-])C1. The summed E-state index contributed by atoms with van der Waals surface area (Å²) in [7, 11) is 3.24. The standard InChI is InChI=1S/C14H19N3O3/c1-9-6-11(7-9)15-12-5-4-10(14(18)16(2)3)8-13(12)17(19)20/h4-5,8-9,11,15H,6-7H2,1-3H3. The third-order valence-corrected chi connectivity index (χ3v) is 3.58. The molecule has 0 atom stereocenters. The number of nitrogens with one attached hydrogen (secondary N) is 1. The van der Waals surface area contributed by atoms with E-state index in [1.54, 1.807) is 26.2 Å². The molecule has 1 aliphatic rings. The van der Waals surface area contributed by atoms with Gasteiger partial charge in [-0.15, -0.1) is 0 Å². The fraction of sp³-hybridized carbons (Fsp3) is 0.500. The Morgan fingerprint density at radius 3 is 2.55 bits per heavy atom. The van der Waals surface area contributed by atoms with Gasteiger partial charge in [-0.3, -0.25) is 14.9 Å². The molecule has 0 aliphatic heterocycles. The summed E-state index contributed by atoms with van der Waals surface area (Å²) in [5.74, 6) is 0.429. The maximum absolute atomic E-state index is 11.8. The summed E-state index contributed by atoms with van der Waals surface area (Å²) in [4.78, 5) is 24.0. The van der Waals surface area contributed by atoms with Gasteiger partial charge in [-0.25, -0.2) is 0 Å². The first-order valence-electron chi connectivity index (χ1n) is 6.65. The van der Waals surface area contributed by atoms with E-state index in [-0.39, 0.29) is 11.6 Å². The van der Waals surface area contributed by atoms with Crippen LogP contribution in [-0.4, -0.2) is 35.9 Å². The molecule has 0 bridgehead atoms. The Labute approximate surface area is 117 Å². The minimum atomic E-state index is -0.448. The molecule has 20 heavy (non-hydrogen) atoms. The molecular formula is C14H19N3O3. The van der Waals surface area contributed by atoms with E-state index in [0.29, 0.717) is 23.2 Å². The third-order valence-electron chi connectivity index (χ3n) is 3.58. The van der Waals surface area contributed by atoms with Crippen LogP contribution in [0.4, 0.5) is 11.4 Å². The van der Waals surface area contributed by atoms with Crippen molar-refractivity contribution in [2.45, 2.75) is 25.8 Å². The molecule has 0 unspecified atom stereocenters. The third kappa shape index (κ3) is 2.89. The van der Waals surface area contributed by atoms with Crippen LogP contribution in [-0.2, 0) is 0 Å². The second kappa shape index (κ2) is 5.48. The maximum Gasteiger partial charge on any atom is 0.293 e. The molecule has 0 aromatic heterocycles. The van der Waals surface area contributed by atoms with E-state index in [2.05, 4.69) is 12.2 Å². The average molecular weight is 277 g/mol. The fourth-order valence-corrected chi connectivity index (χ4v) is 2.44. The second-order valence-corrected chi connectivity index (χ2v) is 5.61. The Morgan fingerprint density at radius 1 is 1.40 bits per heavy atom. The van der Waals surface area contributed by atoms with Crippen molar-refractivity contribution in [3.05, 3.63) is 33.9 Å². The van der Waals surface area contributed by atoms with Crippen molar-refractivity contribution < 1.29 is 9.72 Å². The van der Waals surface area contributed by atoms with Gasteiger partial charge in [0.15, 0.2) is 0 Å². The lowest BCUT2D eigenvalue weighted by molar-refractivity contribution is -0.384. The number of benzene rings is 1. The Balaban J connectivity index is 2.24. The first-order chi connectivity index (χ1) is 9.38. The predicted octanol–water partition coefficient (Wildman–Crippen LogP) is 2.51. The lowest BCUT2D eigenvalue weighted by atomic mass is 9.82.